The van der Waals surface area contributed by atoms with Gasteiger partial charge in [0.05, 0.1) is 19.0 Å². The minimum absolute atomic E-state index is 0.0496. The molecule has 3 rings (SSSR count). The van der Waals surface area contributed by atoms with Gasteiger partial charge < -0.3 is 14.5 Å². The zero-order valence-electron chi connectivity index (χ0n) is 15.6. The second kappa shape index (κ2) is 9.43. The van der Waals surface area contributed by atoms with Crippen LogP contribution in [0.5, 0.6) is 0 Å². The summed E-state index contributed by atoms with van der Waals surface area (Å²) in [6.07, 6.45) is 0. The Hall–Kier alpha value is -1.77. The first-order valence-electron chi connectivity index (χ1n) is 8.95. The van der Waals surface area contributed by atoms with Crippen LogP contribution in [0, 0.1) is 0 Å². The largest absolute Gasteiger partial charge is 0.378 e. The van der Waals surface area contributed by atoms with E-state index >= 15 is 0 Å². The lowest BCUT2D eigenvalue weighted by molar-refractivity contribution is -0.127. The summed E-state index contributed by atoms with van der Waals surface area (Å²) in [4.78, 5) is 16.4. The lowest BCUT2D eigenvalue weighted by Crippen LogP contribution is -2.38. The van der Waals surface area contributed by atoms with Crippen LogP contribution in [0.15, 0.2) is 29.4 Å². The number of halogens is 1. The Morgan fingerprint density at radius 3 is 2.63 bits per heavy atom. The molecule has 0 unspecified atom stereocenters. The molecule has 1 saturated heterocycles. The summed E-state index contributed by atoms with van der Waals surface area (Å²) < 4.78 is 7.46. The molecular formula is C18H24ClN5O2S. The second-order valence-corrected chi connectivity index (χ2v) is 7.67. The summed E-state index contributed by atoms with van der Waals surface area (Å²) in [5, 5.41) is 10.1. The topological polar surface area (TPSA) is 63.5 Å². The molecule has 27 heavy (non-hydrogen) atoms. The molecule has 0 radical (unpaired) electrons. The molecule has 2 heterocycles. The zero-order valence-corrected chi connectivity index (χ0v) is 17.2. The SMILES string of the molecule is CCn1c(SCC(=O)N(C)Cc2ccc(Cl)cc2)nnc1N1CCOCC1. The van der Waals surface area contributed by atoms with Gasteiger partial charge in [-0.2, -0.15) is 0 Å². The fraction of sp³-hybridized carbons (Fsp3) is 0.500. The number of carbonyl (C=O) groups is 1. The molecule has 0 N–H and O–H groups in total. The maximum Gasteiger partial charge on any atom is 0.233 e. The van der Waals surface area contributed by atoms with E-state index in [0.717, 1.165) is 36.3 Å². The first-order chi connectivity index (χ1) is 13.1. The summed E-state index contributed by atoms with van der Waals surface area (Å²) in [7, 11) is 1.81. The van der Waals surface area contributed by atoms with Crippen molar-refractivity contribution in [1.82, 2.24) is 19.7 Å². The number of rotatable bonds is 7. The van der Waals surface area contributed by atoms with E-state index in [-0.39, 0.29) is 5.91 Å². The Kier molecular flexibility index (Phi) is 6.98. The number of morpholine rings is 1. The molecule has 0 spiro atoms. The molecule has 0 atom stereocenters. The lowest BCUT2D eigenvalue weighted by Gasteiger charge is -2.27. The third kappa shape index (κ3) is 5.15. The highest BCUT2D eigenvalue weighted by Gasteiger charge is 2.20. The zero-order chi connectivity index (χ0) is 19.2. The molecule has 1 aliphatic rings. The van der Waals surface area contributed by atoms with Crippen LogP contribution in [0.3, 0.4) is 0 Å². The van der Waals surface area contributed by atoms with Gasteiger partial charge in [-0.15, -0.1) is 10.2 Å². The van der Waals surface area contributed by atoms with Gasteiger partial charge in [-0.05, 0) is 24.6 Å². The van der Waals surface area contributed by atoms with Crippen molar-refractivity contribution in [3.05, 3.63) is 34.9 Å². The Morgan fingerprint density at radius 1 is 1.26 bits per heavy atom. The van der Waals surface area contributed by atoms with Crippen LogP contribution in [0.2, 0.25) is 5.02 Å². The Morgan fingerprint density at radius 2 is 1.96 bits per heavy atom. The van der Waals surface area contributed by atoms with Crippen molar-refractivity contribution in [2.75, 3.05) is 44.0 Å². The fourth-order valence-electron chi connectivity index (χ4n) is 2.85. The third-order valence-electron chi connectivity index (χ3n) is 4.39. The van der Waals surface area contributed by atoms with Crippen molar-refractivity contribution in [3.63, 3.8) is 0 Å². The highest BCUT2D eigenvalue weighted by atomic mass is 35.5. The van der Waals surface area contributed by atoms with Crippen LogP contribution in [-0.2, 0) is 22.6 Å². The molecule has 1 fully saturated rings. The summed E-state index contributed by atoms with van der Waals surface area (Å²) >= 11 is 7.33. The second-order valence-electron chi connectivity index (χ2n) is 6.29. The van der Waals surface area contributed by atoms with Crippen molar-refractivity contribution in [2.45, 2.75) is 25.2 Å². The molecule has 146 valence electrons. The van der Waals surface area contributed by atoms with Crippen molar-refractivity contribution in [1.29, 1.82) is 0 Å². The van der Waals surface area contributed by atoms with Gasteiger partial charge in [-0.1, -0.05) is 35.5 Å². The lowest BCUT2D eigenvalue weighted by atomic mass is 10.2. The molecule has 1 aromatic heterocycles. The molecule has 1 aromatic carbocycles. The molecule has 9 heteroatoms. The minimum atomic E-state index is 0.0496. The number of aromatic nitrogens is 3. The fourth-order valence-corrected chi connectivity index (χ4v) is 3.91. The van der Waals surface area contributed by atoms with Gasteiger partial charge in [0.2, 0.25) is 11.9 Å². The maximum absolute atomic E-state index is 12.5. The van der Waals surface area contributed by atoms with Gasteiger partial charge in [-0.25, -0.2) is 0 Å². The summed E-state index contributed by atoms with van der Waals surface area (Å²) in [5.74, 6) is 1.23. The van der Waals surface area contributed by atoms with E-state index in [1.165, 1.54) is 11.8 Å². The van der Waals surface area contributed by atoms with E-state index in [9.17, 15) is 4.79 Å². The van der Waals surface area contributed by atoms with E-state index in [2.05, 4.69) is 26.6 Å². The Labute approximate surface area is 168 Å². The van der Waals surface area contributed by atoms with Crippen molar-refractivity contribution in [3.8, 4) is 0 Å². The number of nitrogens with zero attached hydrogens (tertiary/aromatic N) is 5. The standard InChI is InChI=1S/C18H24ClN5O2S/c1-3-24-17(23-8-10-26-11-9-23)20-21-18(24)27-13-16(25)22(2)12-14-4-6-15(19)7-5-14/h4-7H,3,8-13H2,1-2H3. The number of anilines is 1. The quantitative estimate of drug-likeness (QED) is 0.655. The first-order valence-corrected chi connectivity index (χ1v) is 10.3. The molecule has 1 aliphatic heterocycles. The maximum atomic E-state index is 12.5. The van der Waals surface area contributed by atoms with Crippen molar-refractivity contribution < 1.29 is 9.53 Å². The minimum Gasteiger partial charge on any atom is -0.378 e. The molecule has 0 aliphatic carbocycles. The van der Waals surface area contributed by atoms with Gasteiger partial charge in [0.1, 0.15) is 0 Å². The number of benzene rings is 1. The van der Waals surface area contributed by atoms with Gasteiger partial charge in [-0.3, -0.25) is 9.36 Å². The van der Waals surface area contributed by atoms with Gasteiger partial charge >= 0.3 is 0 Å². The average molecular weight is 410 g/mol. The number of carbonyl (C=O) groups excluding carboxylic acids is 1. The number of ether oxygens (including phenoxy) is 1. The molecule has 0 bridgehead atoms. The van der Waals surface area contributed by atoms with Crippen LogP contribution < -0.4 is 4.90 Å². The first kappa shape index (κ1) is 20.0. The van der Waals surface area contributed by atoms with E-state index < -0.39 is 0 Å². The average Bonchev–Trinajstić information content (AvgIpc) is 3.11. The normalized spacial score (nSPS) is 14.4. The molecule has 0 saturated carbocycles. The molecule has 1 amide bonds. The van der Waals surface area contributed by atoms with E-state index in [4.69, 9.17) is 16.3 Å². The number of thioether (sulfide) groups is 1. The van der Waals surface area contributed by atoms with Crippen LogP contribution >= 0.6 is 23.4 Å². The molecule has 7 nitrogen and oxygen atoms in total. The van der Waals surface area contributed by atoms with Crippen molar-refractivity contribution in [2.24, 2.45) is 0 Å². The predicted molar refractivity (Wildman–Crippen MR) is 107 cm³/mol. The predicted octanol–water partition coefficient (Wildman–Crippen LogP) is 2.54. The highest BCUT2D eigenvalue weighted by Crippen LogP contribution is 2.23. The van der Waals surface area contributed by atoms with Crippen LogP contribution in [0.25, 0.3) is 0 Å². The van der Waals surface area contributed by atoms with Crippen LogP contribution in [0.1, 0.15) is 12.5 Å². The van der Waals surface area contributed by atoms with E-state index in [1.807, 2.05) is 24.3 Å². The van der Waals surface area contributed by atoms with Crippen molar-refractivity contribution >= 4 is 35.2 Å². The summed E-state index contributed by atoms with van der Waals surface area (Å²) in [5.41, 5.74) is 1.05. The van der Waals surface area contributed by atoms with E-state index in [0.29, 0.717) is 30.5 Å². The van der Waals surface area contributed by atoms with Crippen LogP contribution in [-0.4, -0.2) is 64.7 Å². The third-order valence-corrected chi connectivity index (χ3v) is 5.59. The van der Waals surface area contributed by atoms with Crippen LogP contribution in [0.4, 0.5) is 5.95 Å². The van der Waals surface area contributed by atoms with E-state index in [1.54, 1.807) is 11.9 Å². The number of hydrogen-bond acceptors (Lipinski definition) is 6. The van der Waals surface area contributed by atoms with Gasteiger partial charge in [0, 0.05) is 38.2 Å². The highest BCUT2D eigenvalue weighted by molar-refractivity contribution is 7.99. The van der Waals surface area contributed by atoms with Gasteiger partial charge in [0.15, 0.2) is 5.16 Å². The van der Waals surface area contributed by atoms with Gasteiger partial charge in [0.25, 0.3) is 0 Å². The Balaban J connectivity index is 1.57. The summed E-state index contributed by atoms with van der Waals surface area (Å²) in [6.45, 7) is 6.40. The summed E-state index contributed by atoms with van der Waals surface area (Å²) in [6, 6.07) is 7.53. The Bertz CT molecular complexity index is 762. The monoisotopic (exact) mass is 409 g/mol. The molecular weight excluding hydrogens is 386 g/mol. The number of amides is 1. The number of hydrogen-bond donors (Lipinski definition) is 0. The smallest absolute Gasteiger partial charge is 0.233 e. The molecule has 2 aromatic rings.